The molecule has 2 aromatic rings. The molecule has 0 bridgehead atoms. The maximum absolute atomic E-state index is 14.3. The Morgan fingerprint density at radius 2 is 2.17 bits per heavy atom. The Balaban J connectivity index is 1.97. The Bertz CT molecular complexity index is 1010. The van der Waals surface area contributed by atoms with E-state index in [0.717, 1.165) is 0 Å². The SMILES string of the molecule is COC(=O)[C@@H]1C[C@H](CC(C)C)N(C(=O)c2cnc[nH]2)[C@@]12C(=O)Nc1ccc(F)cc12. The summed E-state index contributed by atoms with van der Waals surface area (Å²) in [5.74, 6) is -2.97. The molecule has 2 N–H and O–H groups in total. The number of rotatable bonds is 4. The minimum absolute atomic E-state index is 0.186. The van der Waals surface area contributed by atoms with Gasteiger partial charge in [0.05, 0.1) is 25.6 Å². The van der Waals surface area contributed by atoms with Crippen molar-refractivity contribution >= 4 is 23.5 Å². The number of imidazole rings is 1. The summed E-state index contributed by atoms with van der Waals surface area (Å²) < 4.78 is 19.3. The molecular formula is C21H23FN4O4. The van der Waals surface area contributed by atoms with Crippen LogP contribution in [0.1, 0.15) is 42.7 Å². The van der Waals surface area contributed by atoms with Crippen LogP contribution in [0.5, 0.6) is 0 Å². The van der Waals surface area contributed by atoms with Crippen LogP contribution >= 0.6 is 0 Å². The fraction of sp³-hybridized carbons (Fsp3) is 0.429. The normalized spacial score (nSPS) is 25.0. The van der Waals surface area contributed by atoms with Crippen LogP contribution in [0, 0.1) is 17.7 Å². The number of esters is 1. The summed E-state index contributed by atoms with van der Waals surface area (Å²) in [6, 6.07) is 3.46. The summed E-state index contributed by atoms with van der Waals surface area (Å²) in [4.78, 5) is 48.0. The van der Waals surface area contributed by atoms with E-state index in [2.05, 4.69) is 15.3 Å². The standard InChI is InChI=1S/C21H23FN4O4/c1-11(2)6-13-8-15(19(28)30-3)21(26(13)18(27)17-9-23-10-24-17)14-7-12(22)4-5-16(14)25-20(21)29/h4-5,7,9-11,13,15H,6,8H2,1-3H3,(H,23,24)(H,25,29)/t13-,15-,21+/m0/s1. The molecule has 1 spiro atoms. The second kappa shape index (κ2) is 7.23. The van der Waals surface area contributed by atoms with E-state index in [1.807, 2.05) is 13.8 Å². The predicted octanol–water partition coefficient (Wildman–Crippen LogP) is 2.45. The largest absolute Gasteiger partial charge is 0.469 e. The first-order valence-corrected chi connectivity index (χ1v) is 9.82. The molecule has 9 heteroatoms. The third-order valence-electron chi connectivity index (χ3n) is 5.92. The molecule has 0 radical (unpaired) electrons. The smallest absolute Gasteiger partial charge is 0.312 e. The van der Waals surface area contributed by atoms with Gasteiger partial charge in [-0.05, 0) is 37.0 Å². The highest BCUT2D eigenvalue weighted by atomic mass is 19.1. The number of methoxy groups -OCH3 is 1. The highest BCUT2D eigenvalue weighted by molar-refractivity contribution is 6.12. The lowest BCUT2D eigenvalue weighted by atomic mass is 9.79. The number of aromatic amines is 1. The van der Waals surface area contributed by atoms with E-state index < -0.39 is 41.1 Å². The number of carbonyl (C=O) groups excluding carboxylic acids is 3. The number of likely N-dealkylation sites (tertiary alicyclic amines) is 1. The average Bonchev–Trinajstić information content (AvgIpc) is 3.40. The van der Waals surface area contributed by atoms with Crippen LogP contribution in [0.2, 0.25) is 0 Å². The number of fused-ring (bicyclic) bond motifs is 2. The topological polar surface area (TPSA) is 104 Å². The summed E-state index contributed by atoms with van der Waals surface area (Å²) in [7, 11) is 1.24. The van der Waals surface area contributed by atoms with Gasteiger partial charge in [-0.1, -0.05) is 13.8 Å². The van der Waals surface area contributed by atoms with Gasteiger partial charge in [0.25, 0.3) is 11.8 Å². The Morgan fingerprint density at radius 3 is 2.80 bits per heavy atom. The van der Waals surface area contributed by atoms with E-state index in [1.165, 1.54) is 42.7 Å². The second-order valence-corrected chi connectivity index (χ2v) is 8.15. The third kappa shape index (κ3) is 2.79. The molecule has 158 valence electrons. The number of hydrogen-bond donors (Lipinski definition) is 2. The Kier molecular flexibility index (Phi) is 4.83. The number of anilines is 1. The van der Waals surface area contributed by atoms with Gasteiger partial charge in [-0.25, -0.2) is 9.37 Å². The zero-order chi connectivity index (χ0) is 21.6. The molecule has 1 aromatic heterocycles. The van der Waals surface area contributed by atoms with E-state index in [0.29, 0.717) is 12.1 Å². The summed E-state index contributed by atoms with van der Waals surface area (Å²) >= 11 is 0. The van der Waals surface area contributed by atoms with Crippen molar-refractivity contribution in [1.29, 1.82) is 0 Å². The lowest BCUT2D eigenvalue weighted by Crippen LogP contribution is -2.56. The van der Waals surface area contributed by atoms with Crippen LogP contribution in [0.15, 0.2) is 30.7 Å². The summed E-state index contributed by atoms with van der Waals surface area (Å²) in [6.45, 7) is 4.00. The molecule has 2 aliphatic heterocycles. The molecule has 1 aromatic carbocycles. The molecular weight excluding hydrogens is 391 g/mol. The molecule has 4 rings (SSSR count). The number of hydrogen-bond acceptors (Lipinski definition) is 5. The van der Waals surface area contributed by atoms with Gasteiger partial charge in [0.2, 0.25) is 0 Å². The summed E-state index contributed by atoms with van der Waals surface area (Å²) in [5.41, 5.74) is -0.872. The summed E-state index contributed by atoms with van der Waals surface area (Å²) in [6.07, 6.45) is 3.53. The van der Waals surface area contributed by atoms with Gasteiger partial charge >= 0.3 is 5.97 Å². The third-order valence-corrected chi connectivity index (χ3v) is 5.92. The number of amides is 2. The molecule has 1 fully saturated rings. The van der Waals surface area contributed by atoms with E-state index >= 15 is 0 Å². The first-order chi connectivity index (χ1) is 14.3. The van der Waals surface area contributed by atoms with Crippen LogP contribution in [0.4, 0.5) is 10.1 Å². The molecule has 0 saturated carbocycles. The zero-order valence-corrected chi connectivity index (χ0v) is 16.9. The lowest BCUT2D eigenvalue weighted by Gasteiger charge is -2.39. The van der Waals surface area contributed by atoms with Crippen LogP contribution in [0.25, 0.3) is 0 Å². The number of benzene rings is 1. The van der Waals surface area contributed by atoms with E-state index in [4.69, 9.17) is 4.74 Å². The number of ether oxygens (including phenoxy) is 1. The molecule has 2 amide bonds. The predicted molar refractivity (Wildman–Crippen MR) is 105 cm³/mol. The first-order valence-electron chi connectivity index (χ1n) is 9.82. The van der Waals surface area contributed by atoms with E-state index in [9.17, 15) is 18.8 Å². The van der Waals surface area contributed by atoms with Crippen molar-refractivity contribution in [1.82, 2.24) is 14.9 Å². The zero-order valence-electron chi connectivity index (χ0n) is 16.9. The monoisotopic (exact) mass is 414 g/mol. The first kappa shape index (κ1) is 20.1. The molecule has 0 aliphatic carbocycles. The number of halogens is 1. The average molecular weight is 414 g/mol. The molecule has 3 heterocycles. The van der Waals surface area contributed by atoms with Gasteiger partial charge in [0.1, 0.15) is 11.5 Å². The minimum atomic E-state index is -1.70. The molecule has 0 unspecified atom stereocenters. The Hall–Kier alpha value is -3.23. The second-order valence-electron chi connectivity index (χ2n) is 8.15. The van der Waals surface area contributed by atoms with Gasteiger partial charge in [-0.2, -0.15) is 0 Å². The Labute approximate surface area is 172 Å². The fourth-order valence-electron chi connectivity index (χ4n) is 4.85. The number of nitrogens with one attached hydrogen (secondary N) is 2. The van der Waals surface area contributed by atoms with Crippen LogP contribution < -0.4 is 5.32 Å². The number of nitrogens with zero attached hydrogens (tertiary/aromatic N) is 2. The van der Waals surface area contributed by atoms with Crippen LogP contribution in [0.3, 0.4) is 0 Å². The van der Waals surface area contributed by atoms with Crippen LogP contribution in [-0.4, -0.2) is 45.8 Å². The quantitative estimate of drug-likeness (QED) is 0.748. The van der Waals surface area contributed by atoms with E-state index in [1.54, 1.807) is 0 Å². The molecule has 8 nitrogen and oxygen atoms in total. The molecule has 1 saturated heterocycles. The van der Waals surface area contributed by atoms with Crippen molar-refractivity contribution in [3.8, 4) is 0 Å². The molecule has 30 heavy (non-hydrogen) atoms. The van der Waals surface area contributed by atoms with Crippen LogP contribution in [-0.2, 0) is 19.9 Å². The molecule has 2 aliphatic rings. The van der Waals surface area contributed by atoms with Gasteiger partial charge in [-0.15, -0.1) is 0 Å². The maximum Gasteiger partial charge on any atom is 0.312 e. The van der Waals surface area contributed by atoms with Crippen molar-refractivity contribution in [2.75, 3.05) is 12.4 Å². The summed E-state index contributed by atoms with van der Waals surface area (Å²) in [5, 5.41) is 2.74. The van der Waals surface area contributed by atoms with Crippen molar-refractivity contribution in [2.45, 2.75) is 38.3 Å². The van der Waals surface area contributed by atoms with Crippen molar-refractivity contribution in [3.63, 3.8) is 0 Å². The highest BCUT2D eigenvalue weighted by Gasteiger charge is 2.67. The fourth-order valence-corrected chi connectivity index (χ4v) is 4.85. The van der Waals surface area contributed by atoms with Crippen molar-refractivity contribution in [2.24, 2.45) is 11.8 Å². The number of aromatic nitrogens is 2. The van der Waals surface area contributed by atoms with Gasteiger partial charge < -0.3 is 19.9 Å². The van der Waals surface area contributed by atoms with Crippen molar-refractivity contribution in [3.05, 3.63) is 47.8 Å². The van der Waals surface area contributed by atoms with Crippen molar-refractivity contribution < 1.29 is 23.5 Å². The Morgan fingerprint density at radius 1 is 1.40 bits per heavy atom. The van der Waals surface area contributed by atoms with E-state index in [-0.39, 0.29) is 23.6 Å². The molecule has 3 atom stereocenters. The van der Waals surface area contributed by atoms with Gasteiger partial charge in [-0.3, -0.25) is 14.4 Å². The maximum atomic E-state index is 14.3. The number of carbonyl (C=O) groups is 3. The number of H-pyrrole nitrogens is 1. The highest BCUT2D eigenvalue weighted by Crippen LogP contribution is 2.54. The lowest BCUT2D eigenvalue weighted by molar-refractivity contribution is -0.151. The van der Waals surface area contributed by atoms with Gasteiger partial charge in [0, 0.05) is 17.3 Å². The van der Waals surface area contributed by atoms with Gasteiger partial charge in [0.15, 0.2) is 5.54 Å². The minimum Gasteiger partial charge on any atom is -0.469 e.